The Hall–Kier alpha value is -3.01. The molecule has 10 heteroatoms. The number of rotatable bonds is 4. The number of nitrogens with zero attached hydrogens (tertiary/aromatic N) is 3. The lowest BCUT2D eigenvalue weighted by Crippen LogP contribution is -2.15. The molecular formula is C14H10FN3O5S. The SMILES string of the molecule is CS(=O)(=O)c1ccc(-n2nc(Oc3cccnc3)oc2=O)c(F)c1. The van der Waals surface area contributed by atoms with Gasteiger partial charge in [-0.05, 0) is 30.3 Å². The van der Waals surface area contributed by atoms with Crippen LogP contribution in [-0.4, -0.2) is 29.4 Å². The van der Waals surface area contributed by atoms with Gasteiger partial charge in [-0.25, -0.2) is 17.6 Å². The molecule has 0 fully saturated rings. The molecule has 2 aromatic heterocycles. The molecule has 3 aromatic rings. The molecule has 0 spiro atoms. The van der Waals surface area contributed by atoms with Crippen molar-refractivity contribution in [2.75, 3.05) is 6.26 Å². The summed E-state index contributed by atoms with van der Waals surface area (Å²) in [5.41, 5.74) is -0.266. The number of benzene rings is 1. The van der Waals surface area contributed by atoms with Gasteiger partial charge in [0.2, 0.25) is 0 Å². The first kappa shape index (κ1) is 15.9. The van der Waals surface area contributed by atoms with E-state index in [1.54, 1.807) is 12.1 Å². The second-order valence-corrected chi connectivity index (χ2v) is 6.74. The lowest BCUT2D eigenvalue weighted by Gasteiger charge is -2.03. The number of pyridine rings is 1. The minimum Gasteiger partial charge on any atom is -0.408 e. The van der Waals surface area contributed by atoms with Crippen molar-refractivity contribution in [3.05, 3.63) is 59.1 Å². The highest BCUT2D eigenvalue weighted by Gasteiger charge is 2.17. The van der Waals surface area contributed by atoms with Crippen LogP contribution < -0.4 is 10.5 Å². The third-order valence-electron chi connectivity index (χ3n) is 2.94. The summed E-state index contributed by atoms with van der Waals surface area (Å²) in [6.45, 7) is 0. The Labute approximate surface area is 135 Å². The maximum Gasteiger partial charge on any atom is 0.444 e. The molecule has 0 saturated carbocycles. The van der Waals surface area contributed by atoms with E-state index in [1.165, 1.54) is 12.4 Å². The van der Waals surface area contributed by atoms with E-state index in [4.69, 9.17) is 9.15 Å². The Balaban J connectivity index is 1.98. The van der Waals surface area contributed by atoms with Crippen LogP contribution in [0.15, 0.2) is 56.8 Å². The predicted octanol–water partition coefficient (Wildman–Crippen LogP) is 1.56. The van der Waals surface area contributed by atoms with E-state index in [-0.39, 0.29) is 16.3 Å². The van der Waals surface area contributed by atoms with E-state index in [1.807, 2.05) is 0 Å². The molecule has 0 saturated heterocycles. The van der Waals surface area contributed by atoms with Gasteiger partial charge < -0.3 is 9.15 Å². The normalized spacial score (nSPS) is 11.4. The first-order chi connectivity index (χ1) is 11.3. The summed E-state index contributed by atoms with van der Waals surface area (Å²) in [6, 6.07) is 6.24. The Kier molecular flexibility index (Phi) is 3.89. The molecule has 0 N–H and O–H groups in total. The molecule has 2 heterocycles. The summed E-state index contributed by atoms with van der Waals surface area (Å²) in [7, 11) is -3.57. The van der Waals surface area contributed by atoms with Gasteiger partial charge in [-0.15, -0.1) is 0 Å². The minimum absolute atomic E-state index is 0.216. The molecule has 24 heavy (non-hydrogen) atoms. The number of ether oxygens (including phenoxy) is 1. The Morgan fingerprint density at radius 1 is 1.29 bits per heavy atom. The van der Waals surface area contributed by atoms with Crippen molar-refractivity contribution in [3.63, 3.8) is 0 Å². The third kappa shape index (κ3) is 3.18. The van der Waals surface area contributed by atoms with Crippen molar-refractivity contribution < 1.29 is 22.0 Å². The van der Waals surface area contributed by atoms with E-state index < -0.39 is 27.5 Å². The third-order valence-corrected chi connectivity index (χ3v) is 4.05. The Morgan fingerprint density at radius 3 is 2.71 bits per heavy atom. The fourth-order valence-electron chi connectivity index (χ4n) is 1.85. The fraction of sp³-hybridized carbons (Fsp3) is 0.0714. The topological polar surface area (TPSA) is 104 Å². The zero-order valence-electron chi connectivity index (χ0n) is 12.2. The largest absolute Gasteiger partial charge is 0.444 e. The highest BCUT2D eigenvalue weighted by atomic mass is 32.2. The van der Waals surface area contributed by atoms with E-state index in [0.29, 0.717) is 4.68 Å². The first-order valence-corrected chi connectivity index (χ1v) is 8.42. The van der Waals surface area contributed by atoms with Crippen LogP contribution in [0.5, 0.6) is 11.8 Å². The summed E-state index contributed by atoms with van der Waals surface area (Å²) < 4.78 is 47.6. The first-order valence-electron chi connectivity index (χ1n) is 6.52. The Morgan fingerprint density at radius 2 is 2.08 bits per heavy atom. The van der Waals surface area contributed by atoms with Crippen molar-refractivity contribution in [1.29, 1.82) is 0 Å². The molecule has 0 aliphatic heterocycles. The zero-order chi connectivity index (χ0) is 17.3. The van der Waals surface area contributed by atoms with Gasteiger partial charge in [-0.3, -0.25) is 4.98 Å². The van der Waals surface area contributed by atoms with E-state index in [9.17, 15) is 17.6 Å². The summed E-state index contributed by atoms with van der Waals surface area (Å²) in [4.78, 5) is 15.4. The molecular weight excluding hydrogens is 341 g/mol. The number of hydrogen-bond acceptors (Lipinski definition) is 7. The molecule has 0 bridgehead atoms. The van der Waals surface area contributed by atoms with Crippen molar-refractivity contribution in [2.45, 2.75) is 4.90 Å². The van der Waals surface area contributed by atoms with Crippen molar-refractivity contribution in [3.8, 4) is 17.5 Å². The van der Waals surface area contributed by atoms with Crippen LogP contribution in [0.25, 0.3) is 5.69 Å². The maximum atomic E-state index is 14.1. The van der Waals surface area contributed by atoms with Gasteiger partial charge in [0.15, 0.2) is 15.6 Å². The fourth-order valence-corrected chi connectivity index (χ4v) is 2.49. The van der Waals surface area contributed by atoms with Crippen LogP contribution in [0.3, 0.4) is 0 Å². The number of halogens is 1. The smallest absolute Gasteiger partial charge is 0.408 e. The molecule has 0 unspecified atom stereocenters. The number of sulfone groups is 1. The number of aromatic nitrogens is 3. The van der Waals surface area contributed by atoms with E-state index in [2.05, 4.69) is 10.1 Å². The van der Waals surface area contributed by atoms with Crippen LogP contribution in [-0.2, 0) is 9.84 Å². The monoisotopic (exact) mass is 351 g/mol. The molecule has 0 aliphatic carbocycles. The van der Waals surface area contributed by atoms with Crippen LogP contribution in [0, 0.1) is 5.82 Å². The molecule has 8 nitrogen and oxygen atoms in total. The van der Waals surface area contributed by atoms with Gasteiger partial charge in [0, 0.05) is 12.5 Å². The lowest BCUT2D eigenvalue weighted by molar-refractivity contribution is 0.319. The van der Waals surface area contributed by atoms with E-state index in [0.717, 1.165) is 24.5 Å². The Bertz CT molecular complexity index is 1040. The van der Waals surface area contributed by atoms with Gasteiger partial charge in [-0.2, -0.15) is 4.68 Å². The average Bonchev–Trinajstić information content (AvgIpc) is 2.87. The molecule has 124 valence electrons. The maximum absolute atomic E-state index is 14.1. The summed E-state index contributed by atoms with van der Waals surface area (Å²) in [6.07, 6.45) is 3.45. The highest BCUT2D eigenvalue weighted by Crippen LogP contribution is 2.20. The van der Waals surface area contributed by atoms with Gasteiger partial charge >= 0.3 is 11.8 Å². The molecule has 0 radical (unpaired) electrons. The van der Waals surface area contributed by atoms with Crippen LogP contribution in [0.4, 0.5) is 4.39 Å². The van der Waals surface area contributed by atoms with Crippen molar-refractivity contribution in [1.82, 2.24) is 14.8 Å². The molecule has 1 aromatic carbocycles. The second-order valence-electron chi connectivity index (χ2n) is 4.72. The predicted molar refractivity (Wildman–Crippen MR) is 79.5 cm³/mol. The van der Waals surface area contributed by atoms with Crippen LogP contribution in [0.2, 0.25) is 0 Å². The standard InChI is InChI=1S/C14H10FN3O5S/c1-24(20,21)10-4-5-12(11(15)7-10)18-14(19)23-13(17-18)22-9-3-2-6-16-8-9/h2-8H,1H3. The molecule has 0 aliphatic rings. The van der Waals surface area contributed by atoms with Gasteiger partial charge in [-0.1, -0.05) is 5.10 Å². The quantitative estimate of drug-likeness (QED) is 0.702. The zero-order valence-corrected chi connectivity index (χ0v) is 13.0. The highest BCUT2D eigenvalue weighted by molar-refractivity contribution is 7.90. The van der Waals surface area contributed by atoms with Gasteiger partial charge in [0.05, 0.1) is 11.1 Å². The van der Waals surface area contributed by atoms with Crippen molar-refractivity contribution in [2.24, 2.45) is 0 Å². The molecule has 0 amide bonds. The van der Waals surface area contributed by atoms with Crippen LogP contribution in [0.1, 0.15) is 0 Å². The van der Waals surface area contributed by atoms with Gasteiger partial charge in [0.1, 0.15) is 11.5 Å². The summed E-state index contributed by atoms with van der Waals surface area (Å²) >= 11 is 0. The molecule has 3 rings (SSSR count). The van der Waals surface area contributed by atoms with Gasteiger partial charge in [0.25, 0.3) is 0 Å². The molecule has 0 atom stereocenters. The van der Waals surface area contributed by atoms with Crippen LogP contribution >= 0.6 is 0 Å². The van der Waals surface area contributed by atoms with E-state index >= 15 is 0 Å². The summed E-state index contributed by atoms with van der Waals surface area (Å²) in [5, 5.41) is 3.73. The lowest BCUT2D eigenvalue weighted by atomic mass is 10.3. The summed E-state index contributed by atoms with van der Waals surface area (Å²) in [5.74, 6) is -1.65. The minimum atomic E-state index is -3.57. The van der Waals surface area contributed by atoms with Crippen molar-refractivity contribution >= 4 is 9.84 Å². The number of hydrogen-bond donors (Lipinski definition) is 0. The second kappa shape index (κ2) is 5.89. The average molecular weight is 351 g/mol.